The lowest BCUT2D eigenvalue weighted by molar-refractivity contribution is -0.141. The fourth-order valence-corrected chi connectivity index (χ4v) is 1.29. The van der Waals surface area contributed by atoms with Crippen molar-refractivity contribution >= 4 is 22.4 Å². The Morgan fingerprint density at radius 2 is 2.42 bits per heavy atom. The second-order valence-corrected chi connectivity index (χ2v) is 3.79. The van der Waals surface area contributed by atoms with Gasteiger partial charge < -0.3 is 10.4 Å². The number of hydrogen-bond donors (Lipinski definition) is 2. The Morgan fingerprint density at radius 1 is 1.75 bits per heavy atom. The van der Waals surface area contributed by atoms with E-state index in [0.717, 1.165) is 0 Å². The second-order valence-electron chi connectivity index (χ2n) is 2.89. The van der Waals surface area contributed by atoms with Crippen molar-refractivity contribution in [3.63, 3.8) is 0 Å². The lowest BCUT2D eigenvalue weighted by atomic mass is 10.1. The Morgan fingerprint density at radius 3 is 2.83 bits per heavy atom. The first-order valence-corrected chi connectivity index (χ1v) is 4.31. The van der Waals surface area contributed by atoms with E-state index in [2.05, 4.69) is 10.3 Å². The fraction of sp³-hybridized carbons (Fsp3) is 0.429. The highest BCUT2D eigenvalue weighted by Gasteiger charge is 2.27. The number of hydrogen-bond acceptors (Lipinski definition) is 4. The molecular formula is C7H10N2O2S. The summed E-state index contributed by atoms with van der Waals surface area (Å²) in [5.41, 5.74) is -0.960. The van der Waals surface area contributed by atoms with Crippen LogP contribution in [0.3, 0.4) is 0 Å². The van der Waals surface area contributed by atoms with Crippen molar-refractivity contribution in [2.75, 3.05) is 5.32 Å². The van der Waals surface area contributed by atoms with E-state index < -0.39 is 11.5 Å². The third-order valence-electron chi connectivity index (χ3n) is 1.39. The highest BCUT2D eigenvalue weighted by Crippen LogP contribution is 2.17. The van der Waals surface area contributed by atoms with Gasteiger partial charge in [-0.1, -0.05) is 0 Å². The fourth-order valence-electron chi connectivity index (χ4n) is 0.606. The molecule has 0 fully saturated rings. The summed E-state index contributed by atoms with van der Waals surface area (Å²) < 4.78 is 0. The topological polar surface area (TPSA) is 62.2 Å². The van der Waals surface area contributed by atoms with Crippen LogP contribution >= 0.6 is 11.3 Å². The summed E-state index contributed by atoms with van der Waals surface area (Å²) in [6.07, 6.45) is 1.63. The van der Waals surface area contributed by atoms with Gasteiger partial charge in [0.25, 0.3) is 0 Å². The molecule has 4 nitrogen and oxygen atoms in total. The zero-order valence-corrected chi connectivity index (χ0v) is 7.68. The number of carbonyl (C=O) groups is 1. The second kappa shape index (κ2) is 3.10. The van der Waals surface area contributed by atoms with Gasteiger partial charge in [0.15, 0.2) is 5.13 Å². The minimum atomic E-state index is -0.960. The van der Waals surface area contributed by atoms with Crippen LogP contribution in [0, 0.1) is 0 Å². The summed E-state index contributed by atoms with van der Waals surface area (Å²) >= 11 is 1.38. The van der Waals surface area contributed by atoms with Gasteiger partial charge in [-0.25, -0.2) is 9.78 Å². The monoisotopic (exact) mass is 186 g/mol. The lowest BCUT2D eigenvalue weighted by Crippen LogP contribution is -2.39. The molecule has 0 saturated heterocycles. The summed E-state index contributed by atoms with van der Waals surface area (Å²) in [5, 5.41) is 14.0. The number of anilines is 1. The van der Waals surface area contributed by atoms with Gasteiger partial charge in [-0.05, 0) is 13.8 Å². The summed E-state index contributed by atoms with van der Waals surface area (Å²) in [7, 11) is 0. The zero-order chi connectivity index (χ0) is 9.19. The lowest BCUT2D eigenvalue weighted by Gasteiger charge is -2.19. The predicted molar refractivity (Wildman–Crippen MR) is 47.5 cm³/mol. The van der Waals surface area contributed by atoms with Crippen molar-refractivity contribution in [2.45, 2.75) is 19.4 Å². The third kappa shape index (κ3) is 1.94. The molecule has 66 valence electrons. The molecule has 0 amide bonds. The van der Waals surface area contributed by atoms with Gasteiger partial charge in [-0.15, -0.1) is 11.3 Å². The van der Waals surface area contributed by atoms with E-state index in [1.165, 1.54) is 11.3 Å². The van der Waals surface area contributed by atoms with Crippen LogP contribution in [0.25, 0.3) is 0 Å². The van der Waals surface area contributed by atoms with Gasteiger partial charge in [-0.2, -0.15) is 0 Å². The Balaban J connectivity index is 2.69. The van der Waals surface area contributed by atoms with E-state index in [1.807, 2.05) is 0 Å². The standard InChI is InChI=1S/C7H10N2O2S/c1-7(2,5(10)11)9-6-8-3-4-12-6/h3-4H,1-2H3,(H,8,9)(H,10,11). The van der Waals surface area contributed by atoms with Gasteiger partial charge in [0, 0.05) is 11.6 Å². The van der Waals surface area contributed by atoms with Crippen molar-refractivity contribution in [2.24, 2.45) is 0 Å². The molecule has 5 heteroatoms. The average Bonchev–Trinajstić information content (AvgIpc) is 2.38. The van der Waals surface area contributed by atoms with Crippen LogP contribution in [0.2, 0.25) is 0 Å². The largest absolute Gasteiger partial charge is 0.480 e. The van der Waals surface area contributed by atoms with Crippen LogP contribution in [-0.4, -0.2) is 21.6 Å². The van der Waals surface area contributed by atoms with E-state index in [9.17, 15) is 4.79 Å². The molecular weight excluding hydrogens is 176 g/mol. The zero-order valence-electron chi connectivity index (χ0n) is 6.87. The van der Waals surface area contributed by atoms with E-state index in [1.54, 1.807) is 25.4 Å². The first-order chi connectivity index (χ1) is 5.52. The molecule has 0 spiro atoms. The predicted octanol–water partition coefficient (Wildman–Crippen LogP) is 1.42. The average molecular weight is 186 g/mol. The summed E-state index contributed by atoms with van der Waals surface area (Å²) in [6, 6.07) is 0. The molecule has 0 radical (unpaired) electrons. The minimum Gasteiger partial charge on any atom is -0.480 e. The van der Waals surface area contributed by atoms with Crippen molar-refractivity contribution < 1.29 is 9.90 Å². The number of rotatable bonds is 3. The van der Waals surface area contributed by atoms with Crippen molar-refractivity contribution in [1.82, 2.24) is 4.98 Å². The molecule has 12 heavy (non-hydrogen) atoms. The SMILES string of the molecule is CC(C)(Nc1nccs1)C(=O)O. The van der Waals surface area contributed by atoms with E-state index >= 15 is 0 Å². The van der Waals surface area contributed by atoms with Gasteiger partial charge >= 0.3 is 5.97 Å². The number of nitrogens with one attached hydrogen (secondary N) is 1. The molecule has 0 atom stereocenters. The number of aromatic nitrogens is 1. The Hall–Kier alpha value is -1.10. The van der Waals surface area contributed by atoms with Crippen molar-refractivity contribution in [1.29, 1.82) is 0 Å². The Labute approximate surface area is 74.3 Å². The molecule has 2 N–H and O–H groups in total. The Bertz CT molecular complexity index is 269. The maximum atomic E-state index is 10.7. The van der Waals surface area contributed by atoms with Gasteiger partial charge in [-0.3, -0.25) is 0 Å². The van der Waals surface area contributed by atoms with E-state index in [4.69, 9.17) is 5.11 Å². The van der Waals surface area contributed by atoms with Crippen LogP contribution in [-0.2, 0) is 4.79 Å². The number of aliphatic carboxylic acids is 1. The number of carboxylic acid groups (broad SMARTS) is 1. The molecule has 1 rings (SSSR count). The maximum Gasteiger partial charge on any atom is 0.328 e. The third-order valence-corrected chi connectivity index (χ3v) is 2.07. The normalized spacial score (nSPS) is 11.2. The summed E-state index contributed by atoms with van der Waals surface area (Å²) in [5.74, 6) is -0.891. The van der Waals surface area contributed by atoms with Crippen LogP contribution in [0.15, 0.2) is 11.6 Å². The molecule has 0 aliphatic heterocycles. The molecule has 0 saturated carbocycles. The number of carboxylic acids is 1. The molecule has 0 bridgehead atoms. The first-order valence-electron chi connectivity index (χ1n) is 3.43. The summed E-state index contributed by atoms with van der Waals surface area (Å²) in [6.45, 7) is 3.19. The molecule has 1 aromatic rings. The van der Waals surface area contributed by atoms with Crippen molar-refractivity contribution in [3.8, 4) is 0 Å². The number of thiazole rings is 1. The molecule has 0 aromatic carbocycles. The molecule has 1 aromatic heterocycles. The Kier molecular flexibility index (Phi) is 2.32. The molecule has 1 heterocycles. The number of nitrogens with zero attached hydrogens (tertiary/aromatic N) is 1. The molecule has 0 aliphatic carbocycles. The van der Waals surface area contributed by atoms with Crippen molar-refractivity contribution in [3.05, 3.63) is 11.6 Å². The molecule has 0 unspecified atom stereocenters. The highest BCUT2D eigenvalue weighted by molar-refractivity contribution is 7.13. The smallest absolute Gasteiger partial charge is 0.328 e. The van der Waals surface area contributed by atoms with Gasteiger partial charge in [0.1, 0.15) is 5.54 Å². The van der Waals surface area contributed by atoms with Crippen LogP contribution in [0.4, 0.5) is 5.13 Å². The van der Waals surface area contributed by atoms with Crippen LogP contribution in [0.5, 0.6) is 0 Å². The first kappa shape index (κ1) is 8.99. The van der Waals surface area contributed by atoms with Crippen LogP contribution in [0.1, 0.15) is 13.8 Å². The molecule has 0 aliphatic rings. The van der Waals surface area contributed by atoms with Crippen LogP contribution < -0.4 is 5.32 Å². The highest BCUT2D eigenvalue weighted by atomic mass is 32.1. The minimum absolute atomic E-state index is 0.627. The van der Waals surface area contributed by atoms with E-state index in [0.29, 0.717) is 5.13 Å². The van der Waals surface area contributed by atoms with Gasteiger partial charge in [0.05, 0.1) is 0 Å². The maximum absolute atomic E-state index is 10.7. The van der Waals surface area contributed by atoms with Gasteiger partial charge in [0.2, 0.25) is 0 Å². The summed E-state index contributed by atoms with van der Waals surface area (Å²) in [4.78, 5) is 14.6. The van der Waals surface area contributed by atoms with E-state index in [-0.39, 0.29) is 0 Å². The quantitative estimate of drug-likeness (QED) is 0.749.